The van der Waals surface area contributed by atoms with E-state index in [1.54, 1.807) is 0 Å². The van der Waals surface area contributed by atoms with E-state index in [0.29, 0.717) is 11.8 Å². The van der Waals surface area contributed by atoms with E-state index in [1.807, 2.05) is 18.2 Å². The van der Waals surface area contributed by atoms with E-state index in [0.717, 1.165) is 38.6 Å². The maximum Gasteiger partial charge on any atom is 0.237 e. The Bertz CT molecular complexity index is 750. The zero-order chi connectivity index (χ0) is 17.3. The zero-order valence-corrected chi connectivity index (χ0v) is 14.4. The highest BCUT2D eigenvalue weighted by molar-refractivity contribution is 5.95. The number of hydrogen-bond donors (Lipinski definition) is 2. The van der Waals surface area contributed by atoms with Crippen LogP contribution in [-0.2, 0) is 11.2 Å². The van der Waals surface area contributed by atoms with Crippen molar-refractivity contribution in [3.8, 4) is 0 Å². The standard InChI is InChI=1S/C21H25N3O/c22-20(25)21(23-13-11-15-6-2-1-3-7-15)12-10-19-17(14-21)16-8-4-5-9-18(16)24-19/h1-7,9,16-17,23H,8,10-14H2,(H2,22,25). The topological polar surface area (TPSA) is 67.5 Å². The fourth-order valence-corrected chi connectivity index (χ4v) is 4.49. The van der Waals surface area contributed by atoms with Crippen LogP contribution in [0.5, 0.6) is 0 Å². The average molecular weight is 335 g/mol. The highest BCUT2D eigenvalue weighted by Crippen LogP contribution is 2.45. The van der Waals surface area contributed by atoms with Crippen LogP contribution in [0.4, 0.5) is 0 Å². The highest BCUT2D eigenvalue weighted by Gasteiger charge is 2.48. The SMILES string of the molecule is NC(=O)C1(NCCc2ccccc2)CCC2=NC3=CC=CCC3C2C1. The number of hydrogen-bond acceptors (Lipinski definition) is 3. The summed E-state index contributed by atoms with van der Waals surface area (Å²) in [5, 5.41) is 3.52. The van der Waals surface area contributed by atoms with Gasteiger partial charge in [-0.15, -0.1) is 0 Å². The van der Waals surface area contributed by atoms with Gasteiger partial charge in [0.25, 0.3) is 0 Å². The monoisotopic (exact) mass is 335 g/mol. The number of amides is 1. The van der Waals surface area contributed by atoms with Gasteiger partial charge >= 0.3 is 0 Å². The van der Waals surface area contributed by atoms with Gasteiger partial charge in [0, 0.05) is 29.8 Å². The molecule has 25 heavy (non-hydrogen) atoms. The van der Waals surface area contributed by atoms with Crippen molar-refractivity contribution in [3.05, 3.63) is 59.8 Å². The summed E-state index contributed by atoms with van der Waals surface area (Å²) in [7, 11) is 0. The Kier molecular flexibility index (Phi) is 4.30. The van der Waals surface area contributed by atoms with Gasteiger partial charge in [0.05, 0.1) is 5.54 Å². The molecule has 0 bridgehead atoms. The third kappa shape index (κ3) is 3.07. The summed E-state index contributed by atoms with van der Waals surface area (Å²) in [5.41, 5.74) is 8.99. The average Bonchev–Trinajstić information content (AvgIpc) is 3.00. The molecule has 1 fully saturated rings. The molecule has 4 nitrogen and oxygen atoms in total. The molecule has 0 radical (unpaired) electrons. The summed E-state index contributed by atoms with van der Waals surface area (Å²) in [5.74, 6) is 0.556. The normalized spacial score (nSPS) is 30.2. The molecule has 2 aliphatic carbocycles. The number of carbonyl (C=O) groups is 1. The van der Waals surface area contributed by atoms with Gasteiger partial charge in [0.1, 0.15) is 0 Å². The molecule has 3 atom stereocenters. The van der Waals surface area contributed by atoms with Crippen molar-refractivity contribution in [1.82, 2.24) is 5.32 Å². The maximum absolute atomic E-state index is 12.4. The first-order valence-corrected chi connectivity index (χ1v) is 9.21. The minimum atomic E-state index is -0.602. The molecule has 1 amide bonds. The zero-order valence-electron chi connectivity index (χ0n) is 14.4. The van der Waals surface area contributed by atoms with Crippen molar-refractivity contribution in [2.45, 2.75) is 37.6 Å². The number of fused-ring (bicyclic) bond motifs is 3. The fraction of sp³-hybridized carbons (Fsp3) is 0.429. The number of primary amides is 1. The smallest absolute Gasteiger partial charge is 0.237 e. The lowest BCUT2D eigenvalue weighted by Gasteiger charge is -2.40. The summed E-state index contributed by atoms with van der Waals surface area (Å²) in [6, 6.07) is 10.4. The molecule has 0 saturated heterocycles. The van der Waals surface area contributed by atoms with E-state index in [-0.39, 0.29) is 5.91 Å². The van der Waals surface area contributed by atoms with Crippen LogP contribution in [0.2, 0.25) is 0 Å². The fourth-order valence-electron chi connectivity index (χ4n) is 4.49. The van der Waals surface area contributed by atoms with Gasteiger partial charge in [-0.05, 0) is 43.7 Å². The van der Waals surface area contributed by atoms with Crippen LogP contribution < -0.4 is 11.1 Å². The Balaban J connectivity index is 1.47. The summed E-state index contributed by atoms with van der Waals surface area (Å²) in [6.45, 7) is 0.763. The van der Waals surface area contributed by atoms with Gasteiger partial charge in [-0.1, -0.05) is 42.5 Å². The number of nitrogens with zero attached hydrogens (tertiary/aromatic N) is 1. The minimum absolute atomic E-state index is 0.219. The van der Waals surface area contributed by atoms with Crippen molar-refractivity contribution in [2.24, 2.45) is 22.6 Å². The highest BCUT2D eigenvalue weighted by atomic mass is 16.1. The number of nitrogens with two attached hydrogens (primary N) is 1. The number of allylic oxidation sites excluding steroid dienone is 4. The molecule has 1 aliphatic heterocycles. The molecule has 0 spiro atoms. The van der Waals surface area contributed by atoms with Crippen LogP contribution in [0.15, 0.2) is 59.2 Å². The lowest BCUT2D eigenvalue weighted by Crippen LogP contribution is -2.59. The molecule has 3 aliphatic rings. The molecule has 4 heteroatoms. The van der Waals surface area contributed by atoms with E-state index in [4.69, 9.17) is 10.7 Å². The van der Waals surface area contributed by atoms with Crippen molar-refractivity contribution < 1.29 is 4.79 Å². The molecule has 4 rings (SSSR count). The number of benzene rings is 1. The summed E-state index contributed by atoms with van der Waals surface area (Å²) in [4.78, 5) is 17.2. The number of aliphatic imine (C=N–C) groups is 1. The molecule has 1 aromatic rings. The van der Waals surface area contributed by atoms with Gasteiger partial charge in [-0.25, -0.2) is 0 Å². The second kappa shape index (κ2) is 6.60. The van der Waals surface area contributed by atoms with Gasteiger partial charge in [0.2, 0.25) is 5.91 Å². The molecule has 1 heterocycles. The van der Waals surface area contributed by atoms with Gasteiger partial charge in [0.15, 0.2) is 0 Å². The molecule has 3 unspecified atom stereocenters. The molecular formula is C21H25N3O. The number of nitrogens with one attached hydrogen (secondary N) is 1. The Labute approximate surface area is 148 Å². The Hall–Kier alpha value is -2.20. The number of carbonyl (C=O) groups excluding carboxylic acids is 1. The molecule has 0 aromatic heterocycles. The second-order valence-electron chi connectivity index (χ2n) is 7.38. The Morgan fingerprint density at radius 3 is 2.92 bits per heavy atom. The second-order valence-corrected chi connectivity index (χ2v) is 7.38. The lowest BCUT2D eigenvalue weighted by molar-refractivity contribution is -0.125. The predicted molar refractivity (Wildman–Crippen MR) is 100 cm³/mol. The Morgan fingerprint density at radius 2 is 2.12 bits per heavy atom. The van der Waals surface area contributed by atoms with E-state index in [9.17, 15) is 4.79 Å². The van der Waals surface area contributed by atoms with Crippen molar-refractivity contribution >= 4 is 11.6 Å². The first-order valence-electron chi connectivity index (χ1n) is 9.21. The molecule has 130 valence electrons. The quantitative estimate of drug-likeness (QED) is 0.869. The lowest BCUT2D eigenvalue weighted by atomic mass is 9.69. The number of rotatable bonds is 5. The summed E-state index contributed by atoms with van der Waals surface area (Å²) >= 11 is 0. The first-order chi connectivity index (χ1) is 12.2. The van der Waals surface area contributed by atoms with Crippen LogP contribution in [-0.4, -0.2) is 23.7 Å². The Morgan fingerprint density at radius 1 is 1.28 bits per heavy atom. The van der Waals surface area contributed by atoms with Crippen molar-refractivity contribution in [3.63, 3.8) is 0 Å². The van der Waals surface area contributed by atoms with Crippen LogP contribution >= 0.6 is 0 Å². The molecule has 1 saturated carbocycles. The first kappa shape index (κ1) is 16.3. The third-order valence-electron chi connectivity index (χ3n) is 5.93. The largest absolute Gasteiger partial charge is 0.368 e. The van der Waals surface area contributed by atoms with Crippen LogP contribution in [0.1, 0.15) is 31.2 Å². The molecule has 1 aromatic carbocycles. The third-order valence-corrected chi connectivity index (χ3v) is 5.93. The van der Waals surface area contributed by atoms with E-state index >= 15 is 0 Å². The van der Waals surface area contributed by atoms with E-state index in [1.165, 1.54) is 17.0 Å². The summed E-state index contributed by atoms with van der Waals surface area (Å²) in [6.07, 6.45) is 10.7. The van der Waals surface area contributed by atoms with Gasteiger partial charge < -0.3 is 11.1 Å². The van der Waals surface area contributed by atoms with Gasteiger partial charge in [-0.3, -0.25) is 9.79 Å². The predicted octanol–water partition coefficient (Wildman–Crippen LogP) is 2.76. The summed E-state index contributed by atoms with van der Waals surface area (Å²) < 4.78 is 0. The molecular weight excluding hydrogens is 310 g/mol. The van der Waals surface area contributed by atoms with E-state index < -0.39 is 5.54 Å². The van der Waals surface area contributed by atoms with Gasteiger partial charge in [-0.2, -0.15) is 0 Å². The minimum Gasteiger partial charge on any atom is -0.368 e. The van der Waals surface area contributed by atoms with Crippen LogP contribution in [0, 0.1) is 11.8 Å². The maximum atomic E-state index is 12.4. The van der Waals surface area contributed by atoms with Crippen LogP contribution in [0.3, 0.4) is 0 Å². The van der Waals surface area contributed by atoms with E-state index in [2.05, 4.69) is 35.7 Å². The van der Waals surface area contributed by atoms with Crippen LogP contribution in [0.25, 0.3) is 0 Å². The molecule has 3 N–H and O–H groups in total. The van der Waals surface area contributed by atoms with Crippen molar-refractivity contribution in [1.29, 1.82) is 0 Å². The van der Waals surface area contributed by atoms with Crippen molar-refractivity contribution in [2.75, 3.05) is 6.54 Å².